The lowest BCUT2D eigenvalue weighted by Gasteiger charge is -2.11. The SMILES string of the molecule is COc1cc([N+](=O)[O-])ccc1S(=O)(=O)NCc1ccc2c(c1)OCO2. The maximum Gasteiger partial charge on any atom is 0.273 e. The molecule has 0 aromatic heterocycles. The number of hydrogen-bond donors (Lipinski definition) is 1. The van der Waals surface area contributed by atoms with Gasteiger partial charge in [-0.1, -0.05) is 6.07 Å². The molecule has 0 bridgehead atoms. The van der Waals surface area contributed by atoms with Gasteiger partial charge in [0, 0.05) is 12.6 Å². The normalized spacial score (nSPS) is 12.8. The lowest BCUT2D eigenvalue weighted by Crippen LogP contribution is -2.23. The van der Waals surface area contributed by atoms with E-state index < -0.39 is 14.9 Å². The molecule has 10 heteroatoms. The van der Waals surface area contributed by atoms with Gasteiger partial charge >= 0.3 is 0 Å². The molecule has 9 nitrogen and oxygen atoms in total. The van der Waals surface area contributed by atoms with E-state index in [9.17, 15) is 18.5 Å². The topological polar surface area (TPSA) is 117 Å². The Balaban J connectivity index is 1.81. The summed E-state index contributed by atoms with van der Waals surface area (Å²) in [5.41, 5.74) is 0.417. The highest BCUT2D eigenvalue weighted by atomic mass is 32.2. The fourth-order valence-corrected chi connectivity index (χ4v) is 3.47. The largest absolute Gasteiger partial charge is 0.495 e. The number of fused-ring (bicyclic) bond motifs is 1. The highest BCUT2D eigenvalue weighted by molar-refractivity contribution is 7.89. The predicted molar refractivity (Wildman–Crippen MR) is 86.2 cm³/mol. The summed E-state index contributed by atoms with van der Waals surface area (Å²) in [6, 6.07) is 8.39. The predicted octanol–water partition coefficient (Wildman–Crippen LogP) is 1.81. The van der Waals surface area contributed by atoms with E-state index in [0.29, 0.717) is 17.1 Å². The van der Waals surface area contributed by atoms with Crippen molar-refractivity contribution < 1.29 is 27.6 Å². The van der Waals surface area contributed by atoms with Gasteiger partial charge in [-0.05, 0) is 23.8 Å². The van der Waals surface area contributed by atoms with Crippen LogP contribution >= 0.6 is 0 Å². The van der Waals surface area contributed by atoms with Gasteiger partial charge < -0.3 is 14.2 Å². The summed E-state index contributed by atoms with van der Waals surface area (Å²) in [4.78, 5) is 9.99. The van der Waals surface area contributed by atoms with Crippen molar-refractivity contribution in [2.24, 2.45) is 0 Å². The van der Waals surface area contributed by atoms with Crippen LogP contribution in [0, 0.1) is 10.1 Å². The van der Waals surface area contributed by atoms with Gasteiger partial charge in [0.15, 0.2) is 11.5 Å². The van der Waals surface area contributed by atoms with Crippen molar-refractivity contribution in [2.75, 3.05) is 13.9 Å². The molecule has 1 N–H and O–H groups in total. The van der Waals surface area contributed by atoms with Crippen molar-refractivity contribution in [2.45, 2.75) is 11.4 Å². The third-order valence-electron chi connectivity index (χ3n) is 3.55. The molecule has 0 unspecified atom stereocenters. The Morgan fingerprint density at radius 1 is 1.20 bits per heavy atom. The van der Waals surface area contributed by atoms with Crippen LogP contribution in [0.1, 0.15) is 5.56 Å². The summed E-state index contributed by atoms with van der Waals surface area (Å²) in [6.07, 6.45) is 0. The molecular weight excluding hydrogens is 352 g/mol. The van der Waals surface area contributed by atoms with E-state index in [1.165, 1.54) is 7.11 Å². The number of ether oxygens (including phenoxy) is 3. The minimum atomic E-state index is -3.93. The first-order valence-corrected chi connectivity index (χ1v) is 8.59. The van der Waals surface area contributed by atoms with E-state index >= 15 is 0 Å². The summed E-state index contributed by atoms with van der Waals surface area (Å²) >= 11 is 0. The monoisotopic (exact) mass is 366 g/mol. The minimum absolute atomic E-state index is 0.0130. The molecule has 0 saturated carbocycles. The first kappa shape index (κ1) is 17.0. The highest BCUT2D eigenvalue weighted by Crippen LogP contribution is 2.33. The molecule has 25 heavy (non-hydrogen) atoms. The van der Waals surface area contributed by atoms with Crippen molar-refractivity contribution in [1.29, 1.82) is 0 Å². The van der Waals surface area contributed by atoms with Crippen molar-refractivity contribution in [1.82, 2.24) is 4.72 Å². The number of nitro groups is 1. The van der Waals surface area contributed by atoms with E-state index in [0.717, 1.165) is 18.2 Å². The Morgan fingerprint density at radius 2 is 1.96 bits per heavy atom. The molecule has 0 radical (unpaired) electrons. The quantitative estimate of drug-likeness (QED) is 0.612. The van der Waals surface area contributed by atoms with E-state index in [1.807, 2.05) is 0 Å². The fourth-order valence-electron chi connectivity index (χ4n) is 2.30. The maximum atomic E-state index is 12.5. The Labute approximate surface area is 143 Å². The second kappa shape index (κ2) is 6.57. The number of non-ortho nitro benzene ring substituents is 1. The van der Waals surface area contributed by atoms with Crippen LogP contribution in [0.15, 0.2) is 41.3 Å². The van der Waals surface area contributed by atoms with E-state index in [-0.39, 0.29) is 29.7 Å². The molecule has 1 aliphatic rings. The molecule has 0 atom stereocenters. The Bertz CT molecular complexity index is 927. The number of nitrogens with one attached hydrogen (secondary N) is 1. The minimum Gasteiger partial charge on any atom is -0.495 e. The zero-order chi connectivity index (χ0) is 18.0. The number of benzene rings is 2. The summed E-state index contributed by atoms with van der Waals surface area (Å²) in [6.45, 7) is 0.142. The van der Waals surface area contributed by atoms with Gasteiger partial charge in [-0.3, -0.25) is 10.1 Å². The average Bonchev–Trinajstić information content (AvgIpc) is 3.07. The second-order valence-corrected chi connectivity index (χ2v) is 6.84. The summed E-state index contributed by atoms with van der Waals surface area (Å²) in [5, 5.41) is 10.8. The molecule has 0 aliphatic carbocycles. The van der Waals surface area contributed by atoms with Gasteiger partial charge in [0.05, 0.1) is 18.1 Å². The van der Waals surface area contributed by atoms with E-state index in [1.54, 1.807) is 18.2 Å². The second-order valence-electron chi connectivity index (χ2n) is 5.10. The Kier molecular flexibility index (Phi) is 4.47. The molecule has 2 aromatic rings. The van der Waals surface area contributed by atoms with Gasteiger partial charge in [0.25, 0.3) is 5.69 Å². The van der Waals surface area contributed by atoms with Crippen LogP contribution in [0.5, 0.6) is 17.2 Å². The van der Waals surface area contributed by atoms with Crippen LogP contribution in [0.2, 0.25) is 0 Å². The Hall–Kier alpha value is -2.85. The first-order valence-electron chi connectivity index (χ1n) is 7.11. The Morgan fingerprint density at radius 3 is 2.68 bits per heavy atom. The highest BCUT2D eigenvalue weighted by Gasteiger charge is 2.22. The van der Waals surface area contributed by atoms with Crippen LogP contribution in [0.25, 0.3) is 0 Å². The number of rotatable bonds is 6. The van der Waals surface area contributed by atoms with Gasteiger partial charge in [0.2, 0.25) is 16.8 Å². The number of nitrogens with zero attached hydrogens (tertiary/aromatic N) is 1. The molecule has 1 heterocycles. The van der Waals surface area contributed by atoms with Crippen molar-refractivity contribution in [3.05, 3.63) is 52.1 Å². The van der Waals surface area contributed by atoms with Crippen LogP contribution in [-0.4, -0.2) is 27.2 Å². The summed E-state index contributed by atoms with van der Waals surface area (Å²) < 4.78 is 42.8. The standard InChI is InChI=1S/C15H14N2O7S/c1-22-14-7-11(17(18)19)3-5-15(14)25(20,21)16-8-10-2-4-12-13(6-10)24-9-23-12/h2-7,16H,8-9H2,1H3. The zero-order valence-electron chi connectivity index (χ0n) is 13.1. The lowest BCUT2D eigenvalue weighted by molar-refractivity contribution is -0.385. The van der Waals surface area contributed by atoms with Crippen LogP contribution < -0.4 is 18.9 Å². The van der Waals surface area contributed by atoms with Gasteiger partial charge in [0.1, 0.15) is 10.6 Å². The molecule has 0 saturated heterocycles. The number of methoxy groups -OCH3 is 1. The lowest BCUT2D eigenvalue weighted by atomic mass is 10.2. The average molecular weight is 366 g/mol. The van der Waals surface area contributed by atoms with Crippen LogP contribution in [-0.2, 0) is 16.6 Å². The van der Waals surface area contributed by atoms with E-state index in [2.05, 4.69) is 4.72 Å². The summed E-state index contributed by atoms with van der Waals surface area (Å²) in [7, 11) is -2.68. The van der Waals surface area contributed by atoms with Gasteiger partial charge in [-0.15, -0.1) is 0 Å². The number of hydrogen-bond acceptors (Lipinski definition) is 7. The molecule has 2 aromatic carbocycles. The molecule has 1 aliphatic heterocycles. The molecule has 0 fully saturated rings. The molecule has 132 valence electrons. The molecule has 0 amide bonds. The van der Waals surface area contributed by atoms with Crippen molar-refractivity contribution in [3.63, 3.8) is 0 Å². The zero-order valence-corrected chi connectivity index (χ0v) is 13.9. The van der Waals surface area contributed by atoms with Crippen LogP contribution in [0.3, 0.4) is 0 Å². The third-order valence-corrected chi connectivity index (χ3v) is 4.99. The maximum absolute atomic E-state index is 12.5. The summed E-state index contributed by atoms with van der Waals surface area (Å²) in [5.74, 6) is 1.04. The van der Waals surface area contributed by atoms with Crippen molar-refractivity contribution in [3.8, 4) is 17.2 Å². The number of sulfonamides is 1. The smallest absolute Gasteiger partial charge is 0.273 e. The number of nitro benzene ring substituents is 1. The van der Waals surface area contributed by atoms with Crippen molar-refractivity contribution >= 4 is 15.7 Å². The molecule has 3 rings (SSSR count). The molecule has 0 spiro atoms. The van der Waals surface area contributed by atoms with Gasteiger partial charge in [-0.2, -0.15) is 0 Å². The third kappa shape index (κ3) is 3.49. The fraction of sp³-hybridized carbons (Fsp3) is 0.200. The van der Waals surface area contributed by atoms with Gasteiger partial charge in [-0.25, -0.2) is 13.1 Å². The molecular formula is C15H14N2O7S. The van der Waals surface area contributed by atoms with E-state index in [4.69, 9.17) is 14.2 Å². The first-order chi connectivity index (χ1) is 11.9. The van der Waals surface area contributed by atoms with Crippen LogP contribution in [0.4, 0.5) is 5.69 Å².